The first-order valence-corrected chi connectivity index (χ1v) is 8.82. The van der Waals surface area contributed by atoms with E-state index in [1.54, 1.807) is 23.1 Å². The number of hydrogen-bond donors (Lipinski definition) is 2. The van der Waals surface area contributed by atoms with Gasteiger partial charge in [-0.05, 0) is 42.3 Å². The van der Waals surface area contributed by atoms with Crippen molar-refractivity contribution < 1.29 is 18.8 Å². The Kier molecular flexibility index (Phi) is 4.35. The van der Waals surface area contributed by atoms with Crippen molar-refractivity contribution in [3.8, 4) is 0 Å². The first kappa shape index (κ1) is 17.2. The normalized spacial score (nSPS) is 18.9. The molecule has 1 saturated heterocycles. The summed E-state index contributed by atoms with van der Waals surface area (Å²) in [6.07, 6.45) is 1.34. The van der Waals surface area contributed by atoms with Gasteiger partial charge in [-0.2, -0.15) is 0 Å². The molecule has 0 bridgehead atoms. The molecular weight excluding hydrogens is 349 g/mol. The van der Waals surface area contributed by atoms with Gasteiger partial charge < -0.3 is 15.5 Å². The highest BCUT2D eigenvalue weighted by Gasteiger charge is 2.31. The molecule has 0 aromatic heterocycles. The largest absolute Gasteiger partial charge is 0.326 e. The van der Waals surface area contributed by atoms with Crippen molar-refractivity contribution >= 4 is 34.8 Å². The van der Waals surface area contributed by atoms with E-state index >= 15 is 0 Å². The van der Waals surface area contributed by atoms with Crippen LogP contribution in [0, 0.1) is 5.82 Å². The molecule has 2 aromatic carbocycles. The first-order valence-electron chi connectivity index (χ1n) is 8.82. The van der Waals surface area contributed by atoms with Crippen LogP contribution in [0.15, 0.2) is 42.5 Å². The van der Waals surface area contributed by atoms with Gasteiger partial charge in [-0.3, -0.25) is 14.4 Å². The summed E-state index contributed by atoms with van der Waals surface area (Å²) < 4.78 is 13.4. The smallest absolute Gasteiger partial charge is 0.232 e. The van der Waals surface area contributed by atoms with E-state index < -0.39 is 11.7 Å². The maximum absolute atomic E-state index is 13.4. The maximum Gasteiger partial charge on any atom is 0.232 e. The van der Waals surface area contributed by atoms with E-state index in [9.17, 15) is 18.8 Å². The molecule has 7 heteroatoms. The number of hydrogen-bond acceptors (Lipinski definition) is 3. The minimum absolute atomic E-state index is 0.00519. The van der Waals surface area contributed by atoms with Gasteiger partial charge in [0.05, 0.1) is 5.92 Å². The van der Waals surface area contributed by atoms with Gasteiger partial charge in [0.15, 0.2) is 0 Å². The van der Waals surface area contributed by atoms with Crippen LogP contribution < -0.4 is 15.5 Å². The molecule has 2 aliphatic rings. The van der Waals surface area contributed by atoms with Crippen LogP contribution in [-0.4, -0.2) is 24.3 Å². The summed E-state index contributed by atoms with van der Waals surface area (Å²) >= 11 is 0. The summed E-state index contributed by atoms with van der Waals surface area (Å²) in [6, 6.07) is 11.1. The standard InChI is InChI=1S/C20H18FN3O3/c21-12-6-7-15-16(11-18(25)23-17(15)9-12)20(27)22-13-3-1-4-14(10-13)24-8-2-5-19(24)26/h1,3-4,6-7,9-10,16H,2,5,8,11H2,(H,22,27)(H,23,25)/t16-/m0/s1. The molecular formula is C20H18FN3O3. The van der Waals surface area contributed by atoms with E-state index in [1.807, 2.05) is 6.07 Å². The summed E-state index contributed by atoms with van der Waals surface area (Å²) in [6.45, 7) is 0.665. The molecule has 0 radical (unpaired) electrons. The molecule has 0 unspecified atom stereocenters. The van der Waals surface area contributed by atoms with Gasteiger partial charge in [0.2, 0.25) is 17.7 Å². The van der Waals surface area contributed by atoms with Gasteiger partial charge in [0, 0.05) is 36.4 Å². The second-order valence-electron chi connectivity index (χ2n) is 6.72. The number of carbonyl (C=O) groups is 3. The van der Waals surface area contributed by atoms with E-state index in [4.69, 9.17) is 0 Å². The zero-order valence-corrected chi connectivity index (χ0v) is 14.5. The Labute approximate surface area is 155 Å². The summed E-state index contributed by atoms with van der Waals surface area (Å²) in [5, 5.41) is 5.41. The average Bonchev–Trinajstić information content (AvgIpc) is 3.07. The van der Waals surface area contributed by atoms with Crippen LogP contribution >= 0.6 is 0 Å². The average molecular weight is 367 g/mol. The van der Waals surface area contributed by atoms with Crippen molar-refractivity contribution in [3.05, 3.63) is 53.8 Å². The van der Waals surface area contributed by atoms with Crippen molar-refractivity contribution in [1.29, 1.82) is 0 Å². The fourth-order valence-electron chi connectivity index (χ4n) is 3.57. The number of rotatable bonds is 3. The third-order valence-electron chi connectivity index (χ3n) is 4.87. The van der Waals surface area contributed by atoms with Gasteiger partial charge in [0.1, 0.15) is 5.82 Å². The Balaban J connectivity index is 1.56. The van der Waals surface area contributed by atoms with Crippen molar-refractivity contribution in [3.63, 3.8) is 0 Å². The van der Waals surface area contributed by atoms with Gasteiger partial charge >= 0.3 is 0 Å². The lowest BCUT2D eigenvalue weighted by Gasteiger charge is -2.25. The fourth-order valence-corrected chi connectivity index (χ4v) is 3.57. The predicted octanol–water partition coefficient (Wildman–Crippen LogP) is 3.02. The lowest BCUT2D eigenvalue weighted by atomic mass is 9.89. The van der Waals surface area contributed by atoms with Crippen molar-refractivity contribution in [2.75, 3.05) is 22.1 Å². The van der Waals surface area contributed by atoms with Crippen LogP contribution in [0.4, 0.5) is 21.5 Å². The zero-order valence-electron chi connectivity index (χ0n) is 14.5. The van der Waals surface area contributed by atoms with E-state index in [0.717, 1.165) is 12.1 Å². The van der Waals surface area contributed by atoms with E-state index in [2.05, 4.69) is 10.6 Å². The summed E-state index contributed by atoms with van der Waals surface area (Å²) in [7, 11) is 0. The van der Waals surface area contributed by atoms with Crippen LogP contribution in [0.5, 0.6) is 0 Å². The van der Waals surface area contributed by atoms with Crippen LogP contribution in [0.25, 0.3) is 0 Å². The van der Waals surface area contributed by atoms with Gasteiger partial charge in [-0.25, -0.2) is 4.39 Å². The quantitative estimate of drug-likeness (QED) is 0.875. The third kappa shape index (κ3) is 3.40. The molecule has 4 rings (SSSR count). The van der Waals surface area contributed by atoms with Crippen LogP contribution in [0.2, 0.25) is 0 Å². The monoisotopic (exact) mass is 367 g/mol. The zero-order chi connectivity index (χ0) is 19.0. The molecule has 138 valence electrons. The number of benzene rings is 2. The highest BCUT2D eigenvalue weighted by atomic mass is 19.1. The molecule has 1 atom stereocenters. The summed E-state index contributed by atoms with van der Waals surface area (Å²) in [4.78, 5) is 38.3. The van der Waals surface area contributed by atoms with Gasteiger partial charge in [-0.1, -0.05) is 12.1 Å². The number of amides is 3. The van der Waals surface area contributed by atoms with E-state index in [0.29, 0.717) is 29.9 Å². The molecule has 0 saturated carbocycles. The molecule has 3 amide bonds. The molecule has 27 heavy (non-hydrogen) atoms. The van der Waals surface area contributed by atoms with Gasteiger partial charge in [0.25, 0.3) is 0 Å². The molecule has 2 aromatic rings. The second-order valence-corrected chi connectivity index (χ2v) is 6.72. The minimum Gasteiger partial charge on any atom is -0.326 e. The first-order chi connectivity index (χ1) is 13.0. The molecule has 2 heterocycles. The Morgan fingerprint density at radius 3 is 2.81 bits per heavy atom. The number of nitrogens with zero attached hydrogens (tertiary/aromatic N) is 1. The van der Waals surface area contributed by atoms with E-state index in [-0.39, 0.29) is 24.1 Å². The second kappa shape index (κ2) is 6.83. The SMILES string of the molecule is O=C1C[C@H](C(=O)Nc2cccc(N3CCCC3=O)c2)c2ccc(F)cc2N1. The summed E-state index contributed by atoms with van der Waals surface area (Å²) in [5.74, 6) is -1.78. The van der Waals surface area contributed by atoms with Crippen LogP contribution in [0.3, 0.4) is 0 Å². The Morgan fingerprint density at radius 1 is 1.19 bits per heavy atom. The highest BCUT2D eigenvalue weighted by Crippen LogP contribution is 2.34. The van der Waals surface area contributed by atoms with Crippen LogP contribution in [0.1, 0.15) is 30.7 Å². The predicted molar refractivity (Wildman–Crippen MR) is 99.0 cm³/mol. The molecule has 6 nitrogen and oxygen atoms in total. The fraction of sp³-hybridized carbons (Fsp3) is 0.250. The number of halogens is 1. The molecule has 2 N–H and O–H groups in total. The van der Waals surface area contributed by atoms with Crippen molar-refractivity contribution in [1.82, 2.24) is 0 Å². The van der Waals surface area contributed by atoms with Crippen molar-refractivity contribution in [2.24, 2.45) is 0 Å². The lowest BCUT2D eigenvalue weighted by molar-refractivity contribution is -0.123. The Morgan fingerprint density at radius 2 is 2.04 bits per heavy atom. The molecule has 1 fully saturated rings. The topological polar surface area (TPSA) is 78.5 Å². The number of nitrogens with one attached hydrogen (secondary N) is 2. The number of carbonyl (C=O) groups excluding carboxylic acids is 3. The highest BCUT2D eigenvalue weighted by molar-refractivity contribution is 6.05. The molecule has 2 aliphatic heterocycles. The van der Waals surface area contributed by atoms with Gasteiger partial charge in [-0.15, -0.1) is 0 Å². The minimum atomic E-state index is -0.702. The van der Waals surface area contributed by atoms with E-state index in [1.165, 1.54) is 18.2 Å². The van der Waals surface area contributed by atoms with Crippen LogP contribution in [-0.2, 0) is 14.4 Å². The Bertz CT molecular complexity index is 944. The number of fused-ring (bicyclic) bond motifs is 1. The number of anilines is 3. The molecule has 0 spiro atoms. The lowest BCUT2D eigenvalue weighted by Crippen LogP contribution is -2.31. The summed E-state index contributed by atoms with van der Waals surface area (Å²) in [5.41, 5.74) is 2.19. The molecule has 0 aliphatic carbocycles. The third-order valence-corrected chi connectivity index (χ3v) is 4.87. The van der Waals surface area contributed by atoms with Crippen molar-refractivity contribution in [2.45, 2.75) is 25.2 Å². The Hall–Kier alpha value is -3.22. The maximum atomic E-state index is 13.4.